The normalized spacial score (nSPS) is 29.0. The van der Waals surface area contributed by atoms with Gasteiger partial charge in [-0.25, -0.2) is 0 Å². The molecule has 12 heavy (non-hydrogen) atoms. The molecule has 3 heteroatoms. The average Bonchev–Trinajstić information content (AvgIpc) is 2.42. The number of hydrogen-bond donors (Lipinski definition) is 1. The van der Waals surface area contributed by atoms with Gasteiger partial charge in [0.1, 0.15) is 6.10 Å². The second kappa shape index (κ2) is 4.45. The van der Waals surface area contributed by atoms with Crippen LogP contribution < -0.4 is 0 Å². The van der Waals surface area contributed by atoms with Gasteiger partial charge in [-0.3, -0.25) is 4.79 Å². The molecule has 1 aliphatic heterocycles. The number of esters is 1. The van der Waals surface area contributed by atoms with Gasteiger partial charge in [0, 0.05) is 5.92 Å². The number of unbranched alkanes of at least 4 members (excludes halogenated alkanes) is 1. The SMILES string of the molecule is CCCC[C@H]1CC(=O)O[C@@H]1CO. The maximum atomic E-state index is 10.9. The number of carbonyl (C=O) groups excluding carboxylic acids is 1. The topological polar surface area (TPSA) is 46.5 Å². The minimum Gasteiger partial charge on any atom is -0.460 e. The lowest BCUT2D eigenvalue weighted by Gasteiger charge is -2.13. The van der Waals surface area contributed by atoms with Crippen LogP contribution in [0.4, 0.5) is 0 Å². The molecule has 0 aromatic carbocycles. The molecule has 1 saturated heterocycles. The van der Waals surface area contributed by atoms with E-state index in [0.29, 0.717) is 6.42 Å². The first-order chi connectivity index (χ1) is 5.77. The van der Waals surface area contributed by atoms with Crippen LogP contribution in [-0.4, -0.2) is 23.8 Å². The van der Waals surface area contributed by atoms with Crippen molar-refractivity contribution in [3.63, 3.8) is 0 Å². The van der Waals surface area contributed by atoms with Gasteiger partial charge in [0.25, 0.3) is 0 Å². The van der Waals surface area contributed by atoms with Crippen LogP contribution in [0, 0.1) is 5.92 Å². The molecule has 0 spiro atoms. The molecule has 0 aromatic heterocycles. The second-order valence-electron chi connectivity index (χ2n) is 3.32. The lowest BCUT2D eigenvalue weighted by atomic mass is 9.95. The number of hydrogen-bond acceptors (Lipinski definition) is 3. The van der Waals surface area contributed by atoms with E-state index < -0.39 is 0 Å². The summed E-state index contributed by atoms with van der Waals surface area (Å²) in [4.78, 5) is 10.9. The van der Waals surface area contributed by atoms with Crippen LogP contribution in [0.25, 0.3) is 0 Å². The van der Waals surface area contributed by atoms with Crippen molar-refractivity contribution in [3.05, 3.63) is 0 Å². The fourth-order valence-electron chi connectivity index (χ4n) is 1.60. The Bertz CT molecular complexity index is 156. The van der Waals surface area contributed by atoms with Gasteiger partial charge < -0.3 is 9.84 Å². The number of rotatable bonds is 4. The van der Waals surface area contributed by atoms with E-state index in [1.54, 1.807) is 0 Å². The molecule has 0 bridgehead atoms. The highest BCUT2D eigenvalue weighted by molar-refractivity contribution is 5.72. The van der Waals surface area contributed by atoms with Gasteiger partial charge in [-0.1, -0.05) is 19.8 Å². The van der Waals surface area contributed by atoms with E-state index in [4.69, 9.17) is 9.84 Å². The monoisotopic (exact) mass is 172 g/mol. The highest BCUT2D eigenvalue weighted by Gasteiger charge is 2.33. The number of aliphatic hydroxyl groups is 1. The molecule has 3 nitrogen and oxygen atoms in total. The third kappa shape index (κ3) is 2.21. The quantitative estimate of drug-likeness (QED) is 0.646. The molecule has 1 aliphatic rings. The highest BCUT2D eigenvalue weighted by atomic mass is 16.6. The largest absolute Gasteiger partial charge is 0.460 e. The zero-order valence-electron chi connectivity index (χ0n) is 7.45. The van der Waals surface area contributed by atoms with Gasteiger partial charge in [-0.2, -0.15) is 0 Å². The Hall–Kier alpha value is -0.570. The van der Waals surface area contributed by atoms with Crippen molar-refractivity contribution in [2.45, 2.75) is 38.7 Å². The fourth-order valence-corrected chi connectivity index (χ4v) is 1.60. The van der Waals surface area contributed by atoms with Gasteiger partial charge in [0.2, 0.25) is 0 Å². The van der Waals surface area contributed by atoms with Crippen LogP contribution in [0.15, 0.2) is 0 Å². The van der Waals surface area contributed by atoms with Crippen molar-refractivity contribution in [1.82, 2.24) is 0 Å². The number of carbonyl (C=O) groups is 1. The van der Waals surface area contributed by atoms with Crippen LogP contribution in [0.5, 0.6) is 0 Å². The zero-order valence-corrected chi connectivity index (χ0v) is 7.45. The molecule has 1 N–H and O–H groups in total. The Morgan fingerprint density at radius 2 is 2.42 bits per heavy atom. The maximum absolute atomic E-state index is 10.9. The van der Waals surface area contributed by atoms with E-state index in [2.05, 4.69) is 6.92 Å². The smallest absolute Gasteiger partial charge is 0.306 e. The molecule has 2 atom stereocenters. The van der Waals surface area contributed by atoms with E-state index in [0.717, 1.165) is 19.3 Å². The van der Waals surface area contributed by atoms with Crippen molar-refractivity contribution < 1.29 is 14.6 Å². The summed E-state index contributed by atoms with van der Waals surface area (Å²) in [5.41, 5.74) is 0. The van der Waals surface area contributed by atoms with Crippen LogP contribution in [-0.2, 0) is 9.53 Å². The molecule has 0 amide bonds. The molecule has 1 heterocycles. The van der Waals surface area contributed by atoms with Gasteiger partial charge in [-0.05, 0) is 6.42 Å². The third-order valence-corrected chi connectivity index (χ3v) is 2.35. The maximum Gasteiger partial charge on any atom is 0.306 e. The average molecular weight is 172 g/mol. The van der Waals surface area contributed by atoms with Crippen molar-refractivity contribution in [2.24, 2.45) is 5.92 Å². The molecule has 0 radical (unpaired) electrons. The molecule has 1 rings (SSSR count). The molecule has 0 unspecified atom stereocenters. The third-order valence-electron chi connectivity index (χ3n) is 2.35. The first-order valence-electron chi connectivity index (χ1n) is 4.58. The molecule has 0 aliphatic carbocycles. The summed E-state index contributed by atoms with van der Waals surface area (Å²) in [6.45, 7) is 2.09. The Labute approximate surface area is 72.7 Å². The van der Waals surface area contributed by atoms with Gasteiger partial charge >= 0.3 is 5.97 Å². The first-order valence-corrected chi connectivity index (χ1v) is 4.58. The van der Waals surface area contributed by atoms with Crippen molar-refractivity contribution >= 4 is 5.97 Å². The predicted molar refractivity (Wildman–Crippen MR) is 44.6 cm³/mol. The van der Waals surface area contributed by atoms with Crippen LogP contribution in [0.3, 0.4) is 0 Å². The Morgan fingerprint density at radius 3 is 3.00 bits per heavy atom. The minimum absolute atomic E-state index is 0.0277. The zero-order chi connectivity index (χ0) is 8.97. The number of aliphatic hydroxyl groups excluding tert-OH is 1. The second-order valence-corrected chi connectivity index (χ2v) is 3.32. The fraction of sp³-hybridized carbons (Fsp3) is 0.889. The molecule has 0 aromatic rings. The number of cyclic esters (lactones) is 1. The Morgan fingerprint density at radius 1 is 1.67 bits per heavy atom. The Kier molecular flexibility index (Phi) is 3.53. The van der Waals surface area contributed by atoms with E-state index in [-0.39, 0.29) is 24.6 Å². The lowest BCUT2D eigenvalue weighted by Crippen LogP contribution is -2.20. The van der Waals surface area contributed by atoms with E-state index in [1.165, 1.54) is 0 Å². The summed E-state index contributed by atoms with van der Waals surface area (Å²) in [5, 5.41) is 8.88. The van der Waals surface area contributed by atoms with Crippen molar-refractivity contribution in [1.29, 1.82) is 0 Å². The predicted octanol–water partition coefficient (Wildman–Crippen LogP) is 1.10. The van der Waals surface area contributed by atoms with Crippen LogP contribution in [0.2, 0.25) is 0 Å². The summed E-state index contributed by atoms with van der Waals surface area (Å²) >= 11 is 0. The van der Waals surface area contributed by atoms with E-state index >= 15 is 0 Å². The molecular weight excluding hydrogens is 156 g/mol. The van der Waals surface area contributed by atoms with Gasteiger partial charge in [-0.15, -0.1) is 0 Å². The minimum atomic E-state index is -0.232. The summed E-state index contributed by atoms with van der Waals surface area (Å²) in [6.07, 6.45) is 3.49. The van der Waals surface area contributed by atoms with Crippen LogP contribution >= 0.6 is 0 Å². The molecule has 0 saturated carbocycles. The van der Waals surface area contributed by atoms with Gasteiger partial charge in [0.05, 0.1) is 13.0 Å². The lowest BCUT2D eigenvalue weighted by molar-refractivity contribution is -0.142. The standard InChI is InChI=1S/C9H16O3/c1-2-3-4-7-5-9(11)12-8(7)6-10/h7-8,10H,2-6H2,1H3/t7-,8+/m0/s1. The molecule has 1 fully saturated rings. The van der Waals surface area contributed by atoms with Gasteiger partial charge in [0.15, 0.2) is 0 Å². The highest BCUT2D eigenvalue weighted by Crippen LogP contribution is 2.26. The molecule has 70 valence electrons. The summed E-state index contributed by atoms with van der Waals surface area (Å²) in [6, 6.07) is 0. The Balaban J connectivity index is 2.35. The molecular formula is C9H16O3. The summed E-state index contributed by atoms with van der Waals surface area (Å²) in [7, 11) is 0. The van der Waals surface area contributed by atoms with Crippen molar-refractivity contribution in [3.8, 4) is 0 Å². The van der Waals surface area contributed by atoms with E-state index in [9.17, 15) is 4.79 Å². The summed E-state index contributed by atoms with van der Waals surface area (Å²) in [5.74, 6) is 0.0950. The number of ether oxygens (including phenoxy) is 1. The first kappa shape index (κ1) is 9.52. The summed E-state index contributed by atoms with van der Waals surface area (Å²) < 4.78 is 4.93. The van der Waals surface area contributed by atoms with Crippen LogP contribution in [0.1, 0.15) is 32.6 Å². The van der Waals surface area contributed by atoms with Crippen molar-refractivity contribution in [2.75, 3.05) is 6.61 Å². The van der Waals surface area contributed by atoms with E-state index in [1.807, 2.05) is 0 Å².